The Morgan fingerprint density at radius 2 is 1.58 bits per heavy atom. The number of rotatable bonds is 5. The number of carbonyl (C=O) groups is 2. The van der Waals surface area contributed by atoms with Gasteiger partial charge in [-0.25, -0.2) is 14.6 Å². The maximum atomic E-state index is 13.7. The molecule has 3 aromatic heterocycles. The summed E-state index contributed by atoms with van der Waals surface area (Å²) in [5.74, 6) is 0.0240. The molecule has 166 valence electrons. The van der Waals surface area contributed by atoms with Crippen molar-refractivity contribution in [3.8, 4) is 28.5 Å². The highest BCUT2D eigenvalue weighted by Gasteiger charge is 2.41. The number of pyridine rings is 2. The second-order valence-electron chi connectivity index (χ2n) is 7.28. The highest BCUT2D eigenvalue weighted by atomic mass is 16.5. The van der Waals surface area contributed by atoms with Crippen molar-refractivity contribution < 1.29 is 23.8 Å². The van der Waals surface area contributed by atoms with Gasteiger partial charge in [0.1, 0.15) is 5.69 Å². The Balaban J connectivity index is 1.73. The number of fused-ring (bicyclic) bond motifs is 3. The molecule has 4 heterocycles. The molecule has 1 aliphatic rings. The van der Waals surface area contributed by atoms with E-state index in [1.807, 2.05) is 0 Å². The number of hydrogen-bond donors (Lipinski definition) is 0. The molecule has 5 rings (SSSR count). The highest BCUT2D eigenvalue weighted by molar-refractivity contribution is 6.38. The highest BCUT2D eigenvalue weighted by Crippen LogP contribution is 2.43. The molecule has 10 nitrogen and oxygen atoms in total. The summed E-state index contributed by atoms with van der Waals surface area (Å²) in [7, 11) is 6.15. The van der Waals surface area contributed by atoms with Crippen molar-refractivity contribution in [2.75, 3.05) is 26.2 Å². The van der Waals surface area contributed by atoms with E-state index in [0.717, 1.165) is 10.5 Å². The molecule has 0 saturated carbocycles. The summed E-state index contributed by atoms with van der Waals surface area (Å²) in [6.07, 6.45) is 4.69. The van der Waals surface area contributed by atoms with E-state index in [1.165, 1.54) is 27.5 Å². The minimum Gasteiger partial charge on any atom is -0.493 e. The maximum Gasteiger partial charge on any atom is 0.267 e. The Hall–Kier alpha value is -4.47. The summed E-state index contributed by atoms with van der Waals surface area (Å²) in [6.45, 7) is 0. The van der Waals surface area contributed by atoms with Crippen molar-refractivity contribution in [1.82, 2.24) is 19.7 Å². The predicted molar refractivity (Wildman–Crippen MR) is 119 cm³/mol. The largest absolute Gasteiger partial charge is 0.493 e. The quantitative estimate of drug-likeness (QED) is 0.432. The first kappa shape index (κ1) is 20.4. The van der Waals surface area contributed by atoms with E-state index in [-0.39, 0.29) is 11.1 Å². The fraction of sp³-hybridized carbons (Fsp3) is 0.174. The minimum absolute atomic E-state index is 0.199. The van der Waals surface area contributed by atoms with Gasteiger partial charge in [-0.2, -0.15) is 5.10 Å². The van der Waals surface area contributed by atoms with Crippen LogP contribution in [-0.4, -0.2) is 52.9 Å². The van der Waals surface area contributed by atoms with Crippen LogP contribution in [0.3, 0.4) is 0 Å². The molecule has 0 fully saturated rings. The number of methoxy groups -OCH3 is 3. The van der Waals surface area contributed by atoms with Gasteiger partial charge in [0.05, 0.1) is 43.5 Å². The van der Waals surface area contributed by atoms with E-state index in [2.05, 4.69) is 15.1 Å². The molecule has 10 heteroatoms. The summed E-state index contributed by atoms with van der Waals surface area (Å²) >= 11 is 0. The Morgan fingerprint density at radius 3 is 2.18 bits per heavy atom. The third-order valence-electron chi connectivity index (χ3n) is 5.56. The Labute approximate surface area is 188 Å². The zero-order chi connectivity index (χ0) is 23.3. The lowest BCUT2D eigenvalue weighted by molar-refractivity contribution is 0.0926. The fourth-order valence-electron chi connectivity index (χ4n) is 4.07. The number of aryl methyl sites for hydroxylation is 1. The van der Waals surface area contributed by atoms with Gasteiger partial charge in [-0.3, -0.25) is 14.6 Å². The fourth-order valence-corrected chi connectivity index (χ4v) is 4.07. The Kier molecular flexibility index (Phi) is 4.70. The summed E-state index contributed by atoms with van der Waals surface area (Å²) < 4.78 is 17.7. The SMILES string of the molecule is COc1cc(N2C(=O)c3cnc4c(c(-c5ccncc5)nn4C)c3C2=O)cc(OC)c1OC. The van der Waals surface area contributed by atoms with Crippen molar-refractivity contribution in [1.29, 1.82) is 0 Å². The second kappa shape index (κ2) is 7.59. The van der Waals surface area contributed by atoms with E-state index >= 15 is 0 Å². The predicted octanol–water partition coefficient (Wildman–Crippen LogP) is 2.86. The van der Waals surface area contributed by atoms with Crippen LogP contribution in [0.15, 0.2) is 42.9 Å². The molecular weight excluding hydrogens is 426 g/mol. The van der Waals surface area contributed by atoms with Gasteiger partial charge < -0.3 is 14.2 Å². The topological polar surface area (TPSA) is 109 Å². The number of benzene rings is 1. The average Bonchev–Trinajstić information content (AvgIpc) is 3.32. The number of carbonyl (C=O) groups excluding carboxylic acids is 2. The lowest BCUT2D eigenvalue weighted by Gasteiger charge is -2.18. The molecule has 2 amide bonds. The maximum absolute atomic E-state index is 13.7. The van der Waals surface area contributed by atoms with Crippen molar-refractivity contribution in [3.05, 3.63) is 54.0 Å². The van der Waals surface area contributed by atoms with E-state index in [4.69, 9.17) is 14.2 Å². The van der Waals surface area contributed by atoms with Gasteiger partial charge in [-0.05, 0) is 12.1 Å². The smallest absolute Gasteiger partial charge is 0.267 e. The molecular formula is C23H19N5O5. The van der Waals surface area contributed by atoms with Crippen LogP contribution in [0.5, 0.6) is 17.2 Å². The summed E-state index contributed by atoms with van der Waals surface area (Å²) in [4.78, 5) is 36.6. The first-order valence-corrected chi connectivity index (χ1v) is 9.95. The van der Waals surface area contributed by atoms with Gasteiger partial charge in [0.25, 0.3) is 11.8 Å². The Morgan fingerprint density at radius 1 is 0.909 bits per heavy atom. The van der Waals surface area contributed by atoms with Crippen LogP contribution in [0.25, 0.3) is 22.3 Å². The molecule has 0 spiro atoms. The van der Waals surface area contributed by atoms with Crippen molar-refractivity contribution >= 4 is 28.5 Å². The zero-order valence-corrected chi connectivity index (χ0v) is 18.3. The van der Waals surface area contributed by atoms with Crippen LogP contribution in [-0.2, 0) is 7.05 Å². The molecule has 0 atom stereocenters. The molecule has 0 N–H and O–H groups in total. The monoisotopic (exact) mass is 445 g/mol. The van der Waals surface area contributed by atoms with Crippen LogP contribution in [0, 0.1) is 0 Å². The first-order valence-electron chi connectivity index (χ1n) is 9.95. The lowest BCUT2D eigenvalue weighted by Crippen LogP contribution is -2.29. The molecule has 1 aromatic carbocycles. The first-order chi connectivity index (χ1) is 16.0. The third kappa shape index (κ3) is 2.91. The van der Waals surface area contributed by atoms with E-state index < -0.39 is 11.8 Å². The zero-order valence-electron chi connectivity index (χ0n) is 18.3. The normalized spacial score (nSPS) is 12.9. The van der Waals surface area contributed by atoms with Crippen molar-refractivity contribution in [3.63, 3.8) is 0 Å². The van der Waals surface area contributed by atoms with Crippen molar-refractivity contribution in [2.24, 2.45) is 7.05 Å². The number of anilines is 1. The van der Waals surface area contributed by atoms with E-state index in [0.29, 0.717) is 39.7 Å². The number of imide groups is 1. The minimum atomic E-state index is -0.497. The van der Waals surface area contributed by atoms with Crippen LogP contribution in [0.1, 0.15) is 20.7 Å². The van der Waals surface area contributed by atoms with Crippen LogP contribution in [0.4, 0.5) is 5.69 Å². The van der Waals surface area contributed by atoms with Gasteiger partial charge in [0, 0.05) is 43.3 Å². The molecule has 4 aromatic rings. The van der Waals surface area contributed by atoms with Gasteiger partial charge in [-0.15, -0.1) is 0 Å². The molecule has 33 heavy (non-hydrogen) atoms. The number of amides is 2. The van der Waals surface area contributed by atoms with E-state index in [9.17, 15) is 9.59 Å². The molecule has 0 aliphatic carbocycles. The van der Waals surface area contributed by atoms with Crippen LogP contribution in [0.2, 0.25) is 0 Å². The van der Waals surface area contributed by atoms with Crippen molar-refractivity contribution in [2.45, 2.75) is 0 Å². The van der Waals surface area contributed by atoms with Gasteiger partial charge in [-0.1, -0.05) is 0 Å². The summed E-state index contributed by atoms with van der Waals surface area (Å²) in [6, 6.07) is 6.69. The number of aromatic nitrogens is 4. The standard InChI is InChI=1S/C23H19N5O5/c1-27-21-18(19(26-27)12-5-7-24-8-6-12)17-14(11-25-21)22(29)28(23(17)30)13-9-15(31-2)20(33-4)16(10-13)32-3/h5-11H,1-4H3. The molecule has 0 radical (unpaired) electrons. The summed E-state index contributed by atoms with van der Waals surface area (Å²) in [5, 5.41) is 5.07. The van der Waals surface area contributed by atoms with Gasteiger partial charge in [0.15, 0.2) is 17.1 Å². The number of nitrogens with zero attached hydrogens (tertiary/aromatic N) is 5. The third-order valence-corrected chi connectivity index (χ3v) is 5.56. The molecule has 1 aliphatic heterocycles. The number of hydrogen-bond acceptors (Lipinski definition) is 8. The second-order valence-corrected chi connectivity index (χ2v) is 7.28. The average molecular weight is 445 g/mol. The summed E-state index contributed by atoms with van der Waals surface area (Å²) in [5.41, 5.74) is 2.54. The molecule has 0 unspecified atom stereocenters. The van der Waals surface area contributed by atoms with Gasteiger partial charge >= 0.3 is 0 Å². The molecule has 0 saturated heterocycles. The molecule has 0 bridgehead atoms. The van der Waals surface area contributed by atoms with E-state index in [1.54, 1.807) is 48.4 Å². The van der Waals surface area contributed by atoms with Gasteiger partial charge in [0.2, 0.25) is 5.75 Å². The Bertz CT molecular complexity index is 1410. The van der Waals surface area contributed by atoms with Crippen LogP contribution >= 0.6 is 0 Å². The number of ether oxygens (including phenoxy) is 3. The lowest BCUT2D eigenvalue weighted by atomic mass is 10.0. The van der Waals surface area contributed by atoms with Crippen LogP contribution < -0.4 is 19.1 Å².